The standard InChI is InChI=1S/C8H12FNSi/c1-11(2,3)7-4-5-10-8(9)6-7/h4-6H,1-3H3. The third-order valence-corrected chi connectivity index (χ3v) is 3.64. The van der Waals surface area contributed by atoms with Gasteiger partial charge in [0, 0.05) is 6.20 Å². The van der Waals surface area contributed by atoms with E-state index in [2.05, 4.69) is 24.6 Å². The second-order valence-electron chi connectivity index (χ2n) is 3.62. The molecule has 0 atom stereocenters. The van der Waals surface area contributed by atoms with Crippen molar-refractivity contribution in [1.29, 1.82) is 0 Å². The highest BCUT2D eigenvalue weighted by molar-refractivity contribution is 6.88. The minimum atomic E-state index is -1.34. The Morgan fingerprint density at radius 2 is 2.00 bits per heavy atom. The van der Waals surface area contributed by atoms with Crippen LogP contribution < -0.4 is 5.19 Å². The summed E-state index contributed by atoms with van der Waals surface area (Å²) in [6, 6.07) is 3.43. The van der Waals surface area contributed by atoms with Gasteiger partial charge in [-0.05, 0) is 12.1 Å². The molecule has 1 nitrogen and oxygen atoms in total. The Balaban J connectivity index is 3.06. The summed E-state index contributed by atoms with van der Waals surface area (Å²) in [6.07, 6.45) is 1.53. The fraction of sp³-hybridized carbons (Fsp3) is 0.375. The number of hydrogen-bond donors (Lipinski definition) is 0. The van der Waals surface area contributed by atoms with Gasteiger partial charge in [-0.15, -0.1) is 0 Å². The molecule has 60 valence electrons. The molecule has 0 aliphatic rings. The normalized spacial score (nSPS) is 11.6. The molecule has 1 heterocycles. The van der Waals surface area contributed by atoms with Gasteiger partial charge in [0.1, 0.15) is 0 Å². The van der Waals surface area contributed by atoms with Crippen molar-refractivity contribution >= 4 is 13.3 Å². The molecule has 11 heavy (non-hydrogen) atoms. The van der Waals surface area contributed by atoms with E-state index in [9.17, 15) is 4.39 Å². The van der Waals surface area contributed by atoms with Gasteiger partial charge in [-0.1, -0.05) is 24.8 Å². The fourth-order valence-electron chi connectivity index (χ4n) is 0.869. The van der Waals surface area contributed by atoms with E-state index in [4.69, 9.17) is 0 Å². The van der Waals surface area contributed by atoms with Gasteiger partial charge in [-0.2, -0.15) is 4.39 Å². The Hall–Kier alpha value is -0.703. The Morgan fingerprint density at radius 3 is 2.36 bits per heavy atom. The molecule has 0 aliphatic heterocycles. The Bertz CT molecular complexity index is 255. The van der Waals surface area contributed by atoms with Crippen molar-refractivity contribution in [3.8, 4) is 0 Å². The van der Waals surface area contributed by atoms with Gasteiger partial charge >= 0.3 is 0 Å². The van der Waals surface area contributed by atoms with E-state index in [1.807, 2.05) is 6.07 Å². The molecule has 0 N–H and O–H groups in total. The lowest BCUT2D eigenvalue weighted by atomic mass is 10.5. The maximum absolute atomic E-state index is 12.6. The zero-order valence-electron chi connectivity index (χ0n) is 7.06. The zero-order valence-corrected chi connectivity index (χ0v) is 8.06. The van der Waals surface area contributed by atoms with Gasteiger partial charge < -0.3 is 0 Å². The summed E-state index contributed by atoms with van der Waals surface area (Å²) in [4.78, 5) is 3.51. The zero-order chi connectivity index (χ0) is 8.48. The molecule has 0 aliphatic carbocycles. The van der Waals surface area contributed by atoms with Gasteiger partial charge in [0.15, 0.2) is 0 Å². The van der Waals surface area contributed by atoms with Crippen molar-refractivity contribution in [2.24, 2.45) is 0 Å². The van der Waals surface area contributed by atoms with Crippen LogP contribution in [0, 0.1) is 5.95 Å². The number of halogens is 1. The molecule has 0 spiro atoms. The highest BCUT2D eigenvalue weighted by Gasteiger charge is 2.16. The Kier molecular flexibility index (Phi) is 2.09. The topological polar surface area (TPSA) is 12.9 Å². The smallest absolute Gasteiger partial charge is 0.212 e. The summed E-state index contributed by atoms with van der Waals surface area (Å²) in [5.74, 6) is -0.370. The number of rotatable bonds is 1. The van der Waals surface area contributed by atoms with Gasteiger partial charge in [0.2, 0.25) is 5.95 Å². The van der Waals surface area contributed by atoms with Crippen molar-refractivity contribution in [3.05, 3.63) is 24.3 Å². The predicted molar refractivity (Wildman–Crippen MR) is 47.2 cm³/mol. The van der Waals surface area contributed by atoms with Gasteiger partial charge in [-0.3, -0.25) is 0 Å². The quantitative estimate of drug-likeness (QED) is 0.461. The number of pyridine rings is 1. The molecule has 0 saturated heterocycles. The van der Waals surface area contributed by atoms with Gasteiger partial charge in [0.25, 0.3) is 0 Å². The van der Waals surface area contributed by atoms with E-state index in [0.717, 1.165) is 5.19 Å². The molecular formula is C8H12FNSi. The first-order valence-corrected chi connectivity index (χ1v) is 7.12. The molecule has 0 unspecified atom stereocenters. The van der Waals surface area contributed by atoms with Crippen molar-refractivity contribution in [2.75, 3.05) is 0 Å². The summed E-state index contributed by atoms with van der Waals surface area (Å²) in [7, 11) is -1.34. The first-order chi connectivity index (χ1) is 5.00. The van der Waals surface area contributed by atoms with E-state index in [-0.39, 0.29) is 5.95 Å². The molecule has 0 aromatic carbocycles. The molecule has 0 radical (unpaired) electrons. The minimum Gasteiger partial charge on any atom is -0.228 e. The molecule has 0 bridgehead atoms. The van der Waals surface area contributed by atoms with E-state index < -0.39 is 8.07 Å². The molecular weight excluding hydrogens is 157 g/mol. The predicted octanol–water partition coefficient (Wildman–Crippen LogP) is 1.77. The average Bonchev–Trinajstić information content (AvgIpc) is 1.86. The lowest BCUT2D eigenvalue weighted by Gasteiger charge is -2.15. The van der Waals surface area contributed by atoms with Gasteiger partial charge in [-0.25, -0.2) is 4.98 Å². The van der Waals surface area contributed by atoms with Crippen LogP contribution in [0.4, 0.5) is 4.39 Å². The monoisotopic (exact) mass is 169 g/mol. The van der Waals surface area contributed by atoms with Crippen LogP contribution in [0.5, 0.6) is 0 Å². The number of aromatic nitrogens is 1. The van der Waals surface area contributed by atoms with E-state index >= 15 is 0 Å². The average molecular weight is 169 g/mol. The lowest BCUT2D eigenvalue weighted by molar-refractivity contribution is 0.585. The molecule has 0 amide bonds. The Morgan fingerprint density at radius 1 is 1.36 bits per heavy atom. The van der Waals surface area contributed by atoms with Crippen molar-refractivity contribution < 1.29 is 4.39 Å². The van der Waals surface area contributed by atoms with E-state index in [1.54, 1.807) is 0 Å². The SMILES string of the molecule is C[Si](C)(C)c1ccnc(F)c1. The van der Waals surface area contributed by atoms with Crippen LogP contribution in [0.15, 0.2) is 18.3 Å². The maximum atomic E-state index is 12.6. The third kappa shape index (κ3) is 2.12. The number of hydrogen-bond acceptors (Lipinski definition) is 1. The van der Waals surface area contributed by atoms with Crippen molar-refractivity contribution in [2.45, 2.75) is 19.6 Å². The van der Waals surface area contributed by atoms with Crippen LogP contribution in [0.25, 0.3) is 0 Å². The third-order valence-electron chi connectivity index (χ3n) is 1.59. The summed E-state index contributed by atoms with van der Waals surface area (Å²) >= 11 is 0. The van der Waals surface area contributed by atoms with Crippen molar-refractivity contribution in [3.63, 3.8) is 0 Å². The van der Waals surface area contributed by atoms with Crippen LogP contribution in [-0.4, -0.2) is 13.1 Å². The highest BCUT2D eigenvalue weighted by Crippen LogP contribution is 2.01. The lowest BCUT2D eigenvalue weighted by Crippen LogP contribution is -2.37. The van der Waals surface area contributed by atoms with E-state index in [1.165, 1.54) is 12.3 Å². The van der Waals surface area contributed by atoms with Crippen LogP contribution in [0.2, 0.25) is 19.6 Å². The molecule has 1 aromatic heterocycles. The summed E-state index contributed by atoms with van der Waals surface area (Å²) in [5, 5.41) is 1.12. The first kappa shape index (κ1) is 8.39. The van der Waals surface area contributed by atoms with Gasteiger partial charge in [0.05, 0.1) is 8.07 Å². The molecule has 1 rings (SSSR count). The molecule has 0 saturated carbocycles. The summed E-state index contributed by atoms with van der Waals surface area (Å²) in [6.45, 7) is 6.55. The molecule has 3 heteroatoms. The minimum absolute atomic E-state index is 0.370. The summed E-state index contributed by atoms with van der Waals surface area (Å²) in [5.41, 5.74) is 0. The Labute approximate surface area is 67.3 Å². The van der Waals surface area contributed by atoms with Crippen LogP contribution >= 0.6 is 0 Å². The van der Waals surface area contributed by atoms with Crippen LogP contribution in [-0.2, 0) is 0 Å². The second-order valence-corrected chi connectivity index (χ2v) is 8.69. The highest BCUT2D eigenvalue weighted by atomic mass is 28.3. The summed E-state index contributed by atoms with van der Waals surface area (Å²) < 4.78 is 12.6. The largest absolute Gasteiger partial charge is 0.228 e. The second kappa shape index (κ2) is 2.74. The maximum Gasteiger partial charge on any atom is 0.212 e. The molecule has 1 aromatic rings. The van der Waals surface area contributed by atoms with Crippen molar-refractivity contribution in [1.82, 2.24) is 4.98 Å². The first-order valence-electron chi connectivity index (χ1n) is 3.62. The van der Waals surface area contributed by atoms with Crippen LogP contribution in [0.3, 0.4) is 0 Å². The van der Waals surface area contributed by atoms with Crippen LogP contribution in [0.1, 0.15) is 0 Å². The number of nitrogens with zero attached hydrogens (tertiary/aromatic N) is 1. The van der Waals surface area contributed by atoms with E-state index in [0.29, 0.717) is 0 Å². The fourth-order valence-corrected chi connectivity index (χ4v) is 2.00. The molecule has 0 fully saturated rings.